The molecule has 5 heteroatoms. The van der Waals surface area contributed by atoms with Crippen molar-refractivity contribution in [1.29, 1.82) is 0 Å². The van der Waals surface area contributed by atoms with E-state index in [4.69, 9.17) is 21.1 Å². The Kier molecular flexibility index (Phi) is 5.40. The molecule has 0 N–H and O–H groups in total. The number of aromatic nitrogens is 2. The molecule has 1 fully saturated rings. The molecule has 1 aromatic heterocycles. The SMILES string of the molecule is CC(C)c1ncc(OCC2CCOCC2)c(CCl)n1. The van der Waals surface area contributed by atoms with Crippen LogP contribution in [0.2, 0.25) is 0 Å². The first kappa shape index (κ1) is 14.5. The zero-order valence-electron chi connectivity index (χ0n) is 11.6. The fraction of sp³-hybridized carbons (Fsp3) is 0.714. The van der Waals surface area contributed by atoms with Crippen LogP contribution in [0.25, 0.3) is 0 Å². The van der Waals surface area contributed by atoms with E-state index in [1.54, 1.807) is 6.20 Å². The predicted molar refractivity (Wildman–Crippen MR) is 74.7 cm³/mol. The van der Waals surface area contributed by atoms with E-state index in [-0.39, 0.29) is 0 Å². The van der Waals surface area contributed by atoms with Crippen molar-refractivity contribution < 1.29 is 9.47 Å². The van der Waals surface area contributed by atoms with Crippen molar-refractivity contribution in [3.8, 4) is 5.75 Å². The summed E-state index contributed by atoms with van der Waals surface area (Å²) in [6.45, 7) is 6.49. The predicted octanol–water partition coefficient (Wildman–Crippen LogP) is 3.14. The molecule has 1 saturated heterocycles. The van der Waals surface area contributed by atoms with E-state index in [1.165, 1.54) is 0 Å². The molecule has 0 saturated carbocycles. The zero-order valence-corrected chi connectivity index (χ0v) is 12.3. The van der Waals surface area contributed by atoms with Gasteiger partial charge in [-0.1, -0.05) is 13.8 Å². The molecule has 2 rings (SSSR count). The van der Waals surface area contributed by atoms with Crippen molar-refractivity contribution in [1.82, 2.24) is 9.97 Å². The maximum Gasteiger partial charge on any atom is 0.160 e. The number of hydrogen-bond acceptors (Lipinski definition) is 4. The van der Waals surface area contributed by atoms with E-state index >= 15 is 0 Å². The summed E-state index contributed by atoms with van der Waals surface area (Å²) in [5, 5.41) is 0. The standard InChI is InChI=1S/C14H21ClN2O2/c1-10(2)14-16-8-13(12(7-15)17-14)19-9-11-3-5-18-6-4-11/h8,10-11H,3-7,9H2,1-2H3. The van der Waals surface area contributed by atoms with Gasteiger partial charge in [0.2, 0.25) is 0 Å². The Morgan fingerprint density at radius 1 is 1.42 bits per heavy atom. The molecule has 0 radical (unpaired) electrons. The Balaban J connectivity index is 1.98. The maximum atomic E-state index is 5.94. The van der Waals surface area contributed by atoms with Crippen LogP contribution in [0.4, 0.5) is 0 Å². The average Bonchev–Trinajstić information content (AvgIpc) is 2.45. The summed E-state index contributed by atoms with van der Waals surface area (Å²) in [4.78, 5) is 8.79. The lowest BCUT2D eigenvalue weighted by molar-refractivity contribution is 0.0495. The third-order valence-corrected chi connectivity index (χ3v) is 3.56. The Morgan fingerprint density at radius 2 is 2.16 bits per heavy atom. The number of rotatable bonds is 5. The Bertz CT molecular complexity index is 406. The Hall–Kier alpha value is -0.870. The van der Waals surface area contributed by atoms with Gasteiger partial charge in [0.05, 0.1) is 18.7 Å². The van der Waals surface area contributed by atoms with E-state index in [1.807, 2.05) is 0 Å². The van der Waals surface area contributed by atoms with Crippen molar-refractivity contribution in [3.63, 3.8) is 0 Å². The molecule has 1 aliphatic heterocycles. The van der Waals surface area contributed by atoms with Crippen LogP contribution in [0, 0.1) is 5.92 Å². The zero-order chi connectivity index (χ0) is 13.7. The molecule has 4 nitrogen and oxygen atoms in total. The second-order valence-corrected chi connectivity index (χ2v) is 5.46. The number of nitrogens with zero attached hydrogens (tertiary/aromatic N) is 2. The van der Waals surface area contributed by atoms with Crippen LogP contribution in [0.1, 0.15) is 44.1 Å². The van der Waals surface area contributed by atoms with Gasteiger partial charge in [-0.25, -0.2) is 9.97 Å². The minimum atomic E-state index is 0.298. The smallest absolute Gasteiger partial charge is 0.160 e. The first-order chi connectivity index (χ1) is 9.20. The topological polar surface area (TPSA) is 44.2 Å². The van der Waals surface area contributed by atoms with Gasteiger partial charge in [-0.15, -0.1) is 11.6 Å². The monoisotopic (exact) mass is 284 g/mol. The lowest BCUT2D eigenvalue weighted by atomic mass is 10.0. The van der Waals surface area contributed by atoms with Gasteiger partial charge < -0.3 is 9.47 Å². The molecular formula is C14H21ClN2O2. The molecule has 0 unspecified atom stereocenters. The van der Waals surface area contributed by atoms with Crippen LogP contribution >= 0.6 is 11.6 Å². The molecule has 1 aromatic rings. The second kappa shape index (κ2) is 7.06. The fourth-order valence-corrected chi connectivity index (χ4v) is 2.23. The van der Waals surface area contributed by atoms with E-state index in [2.05, 4.69) is 23.8 Å². The van der Waals surface area contributed by atoms with Gasteiger partial charge >= 0.3 is 0 Å². The summed E-state index contributed by atoms with van der Waals surface area (Å²) >= 11 is 5.94. The minimum absolute atomic E-state index is 0.298. The summed E-state index contributed by atoms with van der Waals surface area (Å²) in [6, 6.07) is 0. The lowest BCUT2D eigenvalue weighted by Gasteiger charge is -2.22. The second-order valence-electron chi connectivity index (χ2n) is 5.19. The maximum absolute atomic E-state index is 5.94. The highest BCUT2D eigenvalue weighted by Gasteiger charge is 2.16. The van der Waals surface area contributed by atoms with Crippen LogP contribution in [-0.2, 0) is 10.6 Å². The average molecular weight is 285 g/mol. The molecule has 0 aromatic carbocycles. The van der Waals surface area contributed by atoms with Gasteiger partial charge in [0.15, 0.2) is 5.75 Å². The van der Waals surface area contributed by atoms with Crippen LogP contribution in [-0.4, -0.2) is 29.8 Å². The van der Waals surface area contributed by atoms with Gasteiger partial charge in [0, 0.05) is 19.1 Å². The van der Waals surface area contributed by atoms with Crippen molar-refractivity contribution in [2.45, 2.75) is 38.5 Å². The summed E-state index contributed by atoms with van der Waals surface area (Å²) in [5.41, 5.74) is 0.785. The molecule has 2 heterocycles. The first-order valence-electron chi connectivity index (χ1n) is 6.83. The van der Waals surface area contributed by atoms with E-state index in [9.17, 15) is 0 Å². The minimum Gasteiger partial charge on any atom is -0.490 e. The fourth-order valence-electron chi connectivity index (χ4n) is 2.04. The third kappa shape index (κ3) is 4.05. The summed E-state index contributed by atoms with van der Waals surface area (Å²) in [5.74, 6) is 2.74. The van der Waals surface area contributed by atoms with Gasteiger partial charge in [-0.2, -0.15) is 0 Å². The molecule has 19 heavy (non-hydrogen) atoms. The summed E-state index contributed by atoms with van der Waals surface area (Å²) in [7, 11) is 0. The largest absolute Gasteiger partial charge is 0.490 e. The van der Waals surface area contributed by atoms with Crippen molar-refractivity contribution in [2.24, 2.45) is 5.92 Å². The highest BCUT2D eigenvalue weighted by Crippen LogP contribution is 2.22. The van der Waals surface area contributed by atoms with Gasteiger partial charge in [-0.05, 0) is 18.8 Å². The van der Waals surface area contributed by atoms with Crippen LogP contribution in [0.3, 0.4) is 0 Å². The summed E-state index contributed by atoms with van der Waals surface area (Å²) in [6.07, 6.45) is 3.86. The number of ether oxygens (including phenoxy) is 2. The number of alkyl halides is 1. The van der Waals surface area contributed by atoms with Gasteiger partial charge in [0.25, 0.3) is 0 Å². The molecule has 106 valence electrons. The highest BCUT2D eigenvalue weighted by molar-refractivity contribution is 6.17. The van der Waals surface area contributed by atoms with E-state index < -0.39 is 0 Å². The van der Waals surface area contributed by atoms with E-state index in [0.29, 0.717) is 30.1 Å². The van der Waals surface area contributed by atoms with Crippen molar-refractivity contribution in [2.75, 3.05) is 19.8 Å². The molecule has 0 bridgehead atoms. The molecule has 1 aliphatic rings. The molecule has 0 aliphatic carbocycles. The van der Waals surface area contributed by atoms with Crippen LogP contribution < -0.4 is 4.74 Å². The quantitative estimate of drug-likeness (QED) is 0.779. The normalized spacial score (nSPS) is 16.8. The first-order valence-corrected chi connectivity index (χ1v) is 7.36. The molecular weight excluding hydrogens is 264 g/mol. The number of hydrogen-bond donors (Lipinski definition) is 0. The van der Waals surface area contributed by atoms with E-state index in [0.717, 1.165) is 37.6 Å². The van der Waals surface area contributed by atoms with Crippen LogP contribution in [0.5, 0.6) is 5.75 Å². The third-order valence-electron chi connectivity index (χ3n) is 3.31. The molecule has 0 spiro atoms. The highest BCUT2D eigenvalue weighted by atomic mass is 35.5. The van der Waals surface area contributed by atoms with Crippen molar-refractivity contribution >= 4 is 11.6 Å². The van der Waals surface area contributed by atoms with Gasteiger partial charge in [-0.3, -0.25) is 0 Å². The molecule has 0 amide bonds. The Morgan fingerprint density at radius 3 is 2.79 bits per heavy atom. The van der Waals surface area contributed by atoms with Gasteiger partial charge in [0.1, 0.15) is 11.5 Å². The molecule has 0 atom stereocenters. The number of halogens is 1. The van der Waals surface area contributed by atoms with Crippen molar-refractivity contribution in [3.05, 3.63) is 17.7 Å². The summed E-state index contributed by atoms with van der Waals surface area (Å²) < 4.78 is 11.2. The lowest BCUT2D eigenvalue weighted by Crippen LogP contribution is -2.22. The van der Waals surface area contributed by atoms with Crippen LogP contribution in [0.15, 0.2) is 6.20 Å². The Labute approximate surface area is 119 Å².